The molecule has 0 saturated heterocycles. The second kappa shape index (κ2) is 15.5. The molecule has 2 aliphatic heterocycles. The van der Waals surface area contributed by atoms with Crippen LogP contribution in [0.5, 0.6) is 0 Å². The van der Waals surface area contributed by atoms with E-state index in [4.69, 9.17) is 49.3 Å². The van der Waals surface area contributed by atoms with E-state index in [1.165, 1.54) is 25.5 Å². The van der Waals surface area contributed by atoms with Crippen molar-refractivity contribution >= 4 is 86.0 Å². The summed E-state index contributed by atoms with van der Waals surface area (Å²) in [5, 5.41) is 20.6. The minimum absolute atomic E-state index is 0. The topological polar surface area (TPSA) is 211 Å². The molecule has 2 aliphatic carbocycles. The molecule has 0 radical (unpaired) electrons. The van der Waals surface area contributed by atoms with Crippen LogP contribution in [-0.4, -0.2) is 79.5 Å². The van der Waals surface area contributed by atoms with Gasteiger partial charge in [-0.3, -0.25) is 4.99 Å². The van der Waals surface area contributed by atoms with Gasteiger partial charge in [-0.05, 0) is 64.4 Å². The van der Waals surface area contributed by atoms with Crippen LogP contribution in [0.4, 0.5) is 0 Å². The van der Waals surface area contributed by atoms with Gasteiger partial charge in [-0.2, -0.15) is 0 Å². The van der Waals surface area contributed by atoms with Crippen LogP contribution in [0.25, 0.3) is 67.8 Å². The van der Waals surface area contributed by atoms with Crippen LogP contribution >= 0.6 is 0 Å². The van der Waals surface area contributed by atoms with Crippen molar-refractivity contribution in [3.63, 3.8) is 0 Å². The summed E-state index contributed by atoms with van der Waals surface area (Å²) < 4.78 is 10.8. The molecule has 0 unspecified atom stereocenters. The number of aliphatic imine (C=N–C) groups is 1. The van der Waals surface area contributed by atoms with Crippen molar-refractivity contribution in [2.45, 2.75) is 20.3 Å². The number of nitrogens with zero attached hydrogens (tertiary/aromatic N) is 9. The van der Waals surface area contributed by atoms with Crippen LogP contribution < -0.4 is 9.97 Å². The Kier molecular flexibility index (Phi) is 10.5. The summed E-state index contributed by atoms with van der Waals surface area (Å²) in [7, 11) is 4.74. The molecule has 15 nitrogen and oxygen atoms in total. The van der Waals surface area contributed by atoms with E-state index in [1.54, 1.807) is 38.6 Å². The number of carboxylic acids is 2. The number of aromatic nitrogens is 8. The quantitative estimate of drug-likeness (QED) is 0.121. The van der Waals surface area contributed by atoms with Crippen LogP contribution in [0.1, 0.15) is 75.4 Å². The van der Waals surface area contributed by atoms with E-state index in [9.17, 15) is 19.8 Å². The van der Waals surface area contributed by atoms with Gasteiger partial charge in [-0.15, -0.1) is 0 Å². The van der Waals surface area contributed by atoms with Gasteiger partial charge in [0.25, 0.3) is 0 Å². The number of ether oxygens (including phenoxy) is 2. The monoisotopic (exact) mass is 823 g/mol. The maximum atomic E-state index is 12.4. The van der Waals surface area contributed by atoms with E-state index in [2.05, 4.69) is 31.0 Å². The van der Waals surface area contributed by atoms with Gasteiger partial charge >= 0.3 is 31.4 Å². The summed E-state index contributed by atoms with van der Waals surface area (Å²) in [6.07, 6.45) is 22.4. The zero-order valence-corrected chi connectivity index (χ0v) is 35.0. The van der Waals surface area contributed by atoms with Crippen LogP contribution in [0.15, 0.2) is 77.8 Å². The van der Waals surface area contributed by atoms with E-state index >= 15 is 0 Å². The number of hydrogen-bond donors (Lipinski definition) is 2. The zero-order valence-electron chi connectivity index (χ0n) is 32.0. The third kappa shape index (κ3) is 7.14. The van der Waals surface area contributed by atoms with Gasteiger partial charge in [0, 0.05) is 70.0 Å². The molecule has 0 spiro atoms. The van der Waals surface area contributed by atoms with Crippen LogP contribution in [0.3, 0.4) is 0 Å². The number of carbonyl (C=O) groups is 2. The smallest absolute Gasteiger partial charge is 0.504 e. The molecule has 5 heterocycles. The van der Waals surface area contributed by atoms with Crippen molar-refractivity contribution in [1.29, 1.82) is 0 Å². The fourth-order valence-electron chi connectivity index (χ4n) is 6.65. The van der Waals surface area contributed by atoms with Crippen LogP contribution in [-0.2, 0) is 29.0 Å². The van der Waals surface area contributed by atoms with Gasteiger partial charge in [0.1, 0.15) is 0 Å². The van der Waals surface area contributed by atoms with E-state index in [0.717, 1.165) is 11.1 Å². The fraction of sp³-hybridized carbons (Fsp3) is 0.167. The SMILES string of the molecule is CN=C\C=C1/C(=C\C=C\OC)c2nc1nc1[n-]c(nc3nc(nc4[n-]c(n2)c2c4C=CC(C)(C)C=C2)C2=CCC(OC)=CC=C23)c2cc(C(=O)O)c(C(=O)O)cc12.[Zn+2]. The molecule has 58 heavy (non-hydrogen) atoms. The molecule has 0 fully saturated rings. The normalized spacial score (nSPS) is 17.0. The first-order valence-corrected chi connectivity index (χ1v) is 17.7. The molecule has 4 aliphatic rings. The third-order valence-electron chi connectivity index (χ3n) is 9.54. The maximum absolute atomic E-state index is 12.4. The second-order valence-electron chi connectivity index (χ2n) is 13.7. The van der Waals surface area contributed by atoms with Crippen molar-refractivity contribution in [3.05, 3.63) is 118 Å². The van der Waals surface area contributed by atoms with Gasteiger partial charge in [-0.1, -0.05) is 44.2 Å². The summed E-state index contributed by atoms with van der Waals surface area (Å²) in [4.78, 5) is 68.3. The first kappa shape index (κ1) is 39.3. The molecule has 0 saturated carbocycles. The number of fused-ring (bicyclic) bond motifs is 17. The Bertz CT molecular complexity index is 2900. The number of benzene rings is 1. The second-order valence-corrected chi connectivity index (χ2v) is 13.7. The van der Waals surface area contributed by atoms with Gasteiger partial charge < -0.3 is 49.6 Å². The van der Waals surface area contributed by atoms with E-state index in [1.807, 2.05) is 30.4 Å². The summed E-state index contributed by atoms with van der Waals surface area (Å²) in [6.45, 7) is 4.18. The Morgan fingerprint density at radius 1 is 0.759 bits per heavy atom. The first-order valence-electron chi connectivity index (χ1n) is 17.7. The molecule has 8 bridgehead atoms. The molecule has 284 valence electrons. The zero-order chi connectivity index (χ0) is 40.0. The molecule has 4 aromatic rings. The third-order valence-corrected chi connectivity index (χ3v) is 9.54. The Labute approximate surface area is 343 Å². The largest absolute Gasteiger partial charge is 2.00 e. The minimum atomic E-state index is -1.44. The summed E-state index contributed by atoms with van der Waals surface area (Å²) in [5.74, 6) is -1.19. The standard InChI is InChI=1S/C42H35N9O6.Zn/c1-42(2)15-12-25-26(13-16-42)36-47-33-23-10-8-21(57-5)9-11-24(23)34(46-33)49-38-28-19-30(40(52)53)31(41(54)55)20-29(28)39(51-38)50-37-27(14-17-43-3)22(7-6-18-56-4)32(45-37)44-35(25)48-36;/h6-7,9-20H,8H2,1-5H3,(H4,43,44,45,46,47,48,49,50,51,52,53,54,55);/q;+2/p-2/b18-6+,22-7+;. The summed E-state index contributed by atoms with van der Waals surface area (Å²) >= 11 is 0. The number of aromatic carboxylic acids is 2. The predicted octanol–water partition coefficient (Wildman–Crippen LogP) is 6.50. The molecular weight excluding hydrogens is 792 g/mol. The van der Waals surface area contributed by atoms with Gasteiger partial charge in [-0.25, -0.2) is 19.6 Å². The van der Waals surface area contributed by atoms with Gasteiger partial charge in [0.15, 0.2) is 0 Å². The first-order chi connectivity index (χ1) is 27.5. The molecule has 0 amide bonds. The number of rotatable bonds is 6. The van der Waals surface area contributed by atoms with Crippen LogP contribution in [0, 0.1) is 5.41 Å². The number of carboxylic acid groups (broad SMARTS) is 2. The number of allylic oxidation sites excluding steroid dienone is 12. The maximum Gasteiger partial charge on any atom is 2.00 e. The molecule has 8 rings (SSSR count). The van der Waals surface area contributed by atoms with E-state index in [-0.39, 0.29) is 64.4 Å². The van der Waals surface area contributed by atoms with Crippen molar-refractivity contribution in [1.82, 2.24) is 39.9 Å². The number of hydrogen-bond acceptors (Lipinski definition) is 11. The minimum Gasteiger partial charge on any atom is -0.504 e. The van der Waals surface area contributed by atoms with Crippen molar-refractivity contribution in [2.24, 2.45) is 10.4 Å². The summed E-state index contributed by atoms with van der Waals surface area (Å²) in [6, 6.07) is 2.47. The van der Waals surface area contributed by atoms with Crippen molar-refractivity contribution < 1.29 is 48.8 Å². The van der Waals surface area contributed by atoms with E-state index in [0.29, 0.717) is 51.6 Å². The molecule has 16 heteroatoms. The summed E-state index contributed by atoms with van der Waals surface area (Å²) in [5.41, 5.74) is 3.45. The van der Waals surface area contributed by atoms with Crippen molar-refractivity contribution in [3.8, 4) is 0 Å². The Balaban J connectivity index is 0.00000512. The average molecular weight is 825 g/mol. The number of methoxy groups -OCH3 is 2. The Morgan fingerprint density at radius 2 is 1.29 bits per heavy atom. The predicted molar refractivity (Wildman–Crippen MR) is 216 cm³/mol. The van der Waals surface area contributed by atoms with Crippen LogP contribution in [0.2, 0.25) is 0 Å². The molecule has 2 N–H and O–H groups in total. The molecule has 1 aromatic carbocycles. The van der Waals surface area contributed by atoms with E-state index < -0.39 is 23.1 Å². The molecule has 0 atom stereocenters. The Morgan fingerprint density at radius 3 is 1.88 bits per heavy atom. The average Bonchev–Trinajstić information content (AvgIpc) is 3.79. The van der Waals surface area contributed by atoms with Gasteiger partial charge in [0.2, 0.25) is 0 Å². The Hall–Kier alpha value is -6.93. The molecule has 3 aromatic heterocycles. The molecular formula is C42H33N9O6Zn. The van der Waals surface area contributed by atoms with Gasteiger partial charge in [0.05, 0.1) is 60.7 Å². The fourth-order valence-corrected chi connectivity index (χ4v) is 6.65. The van der Waals surface area contributed by atoms with Crippen molar-refractivity contribution in [2.75, 3.05) is 21.3 Å².